The average Bonchev–Trinajstić information content (AvgIpc) is 2.97. The molecule has 0 bridgehead atoms. The Bertz CT molecular complexity index is 1240. The van der Waals surface area contributed by atoms with E-state index in [1.807, 2.05) is 58.9 Å². The summed E-state index contributed by atoms with van der Waals surface area (Å²) in [5, 5.41) is 0. The molecule has 0 aromatic heterocycles. The first-order valence-electron chi connectivity index (χ1n) is 14.6. The topological polar surface area (TPSA) is 21.7 Å². The molecule has 1 unspecified atom stereocenters. The van der Waals surface area contributed by atoms with Gasteiger partial charge in [-0.3, -0.25) is 0 Å². The van der Waals surface area contributed by atoms with Crippen LogP contribution < -0.4 is 14.4 Å². The number of halogens is 3. The maximum atomic E-state index is 10.4. The number of rotatable bonds is 11. The van der Waals surface area contributed by atoms with Crippen molar-refractivity contribution in [2.75, 3.05) is 18.1 Å². The van der Waals surface area contributed by atoms with E-state index in [9.17, 15) is 13.2 Å². The molecule has 0 saturated carbocycles. The fraction of sp³-hybridized carbons (Fsp3) is 0.351. The third-order valence-electron chi connectivity index (χ3n) is 5.96. The van der Waals surface area contributed by atoms with Crippen LogP contribution in [0.1, 0.15) is 65.2 Å². The zero-order chi connectivity index (χ0) is 33.2. The summed E-state index contributed by atoms with van der Waals surface area (Å²) >= 11 is 0. The lowest BCUT2D eigenvalue weighted by Crippen LogP contribution is -2.18. The molecule has 3 aromatic rings. The smallest absolute Gasteiger partial charge is 0.386 e. The molecular formula is C37H50F3NO2. The summed E-state index contributed by atoms with van der Waals surface area (Å²) < 4.78 is 42.7. The van der Waals surface area contributed by atoms with E-state index in [2.05, 4.69) is 87.5 Å². The van der Waals surface area contributed by atoms with E-state index in [1.165, 1.54) is 16.8 Å². The van der Waals surface area contributed by atoms with Gasteiger partial charge in [0.15, 0.2) is 0 Å². The van der Waals surface area contributed by atoms with Crippen LogP contribution in [0, 0.1) is 6.92 Å². The van der Waals surface area contributed by atoms with Gasteiger partial charge in [0, 0.05) is 30.9 Å². The van der Waals surface area contributed by atoms with Gasteiger partial charge in [0.2, 0.25) is 0 Å². The van der Waals surface area contributed by atoms with E-state index in [1.54, 1.807) is 0 Å². The largest absolute Gasteiger partial charge is 0.494 e. The van der Waals surface area contributed by atoms with Gasteiger partial charge in [0.1, 0.15) is 17.6 Å². The molecule has 0 aliphatic carbocycles. The van der Waals surface area contributed by atoms with Crippen molar-refractivity contribution in [3.05, 3.63) is 115 Å². The minimum absolute atomic E-state index is 0.0303. The Labute approximate surface area is 258 Å². The highest BCUT2D eigenvalue weighted by Gasteiger charge is 2.16. The lowest BCUT2D eigenvalue weighted by molar-refractivity contribution is -0.110. The highest BCUT2D eigenvalue weighted by Crippen LogP contribution is 2.34. The van der Waals surface area contributed by atoms with E-state index >= 15 is 0 Å². The van der Waals surface area contributed by atoms with E-state index in [-0.39, 0.29) is 13.0 Å². The standard InChI is InChI=1S/C31H37NO2.C2H3F3.C2H6.C2H4/c1-8-32(28-11-10-12-30(21-28)34-25(7)22(3)4)31-19-23(5)13-14-27(31)20-24(6)26-15-17-29(18-16-26)33-9-2;1-2(3,4)5;2*1-2/h10-19,21,25H,3,6,8-9,20H2,1-2,4-5,7H3;1H3;1-2H3;1-2H2. The van der Waals surface area contributed by atoms with Crippen LogP contribution in [0.5, 0.6) is 11.5 Å². The molecule has 3 aromatic carbocycles. The van der Waals surface area contributed by atoms with Crippen molar-refractivity contribution in [3.8, 4) is 11.5 Å². The van der Waals surface area contributed by atoms with Crippen LogP contribution in [-0.4, -0.2) is 25.4 Å². The molecule has 0 amide bonds. The second-order valence-corrected chi connectivity index (χ2v) is 9.50. The zero-order valence-corrected chi connectivity index (χ0v) is 27.3. The van der Waals surface area contributed by atoms with Gasteiger partial charge in [0.05, 0.1) is 6.61 Å². The number of aryl methyl sites for hydroxylation is 1. The fourth-order valence-corrected chi connectivity index (χ4v) is 3.88. The number of nitrogens with zero attached hydrogens (tertiary/aromatic N) is 1. The second-order valence-electron chi connectivity index (χ2n) is 9.50. The third kappa shape index (κ3) is 14.7. The summed E-state index contributed by atoms with van der Waals surface area (Å²) in [6.07, 6.45) is -3.26. The first-order valence-corrected chi connectivity index (χ1v) is 14.6. The van der Waals surface area contributed by atoms with Crippen molar-refractivity contribution in [2.45, 2.75) is 74.1 Å². The summed E-state index contributed by atoms with van der Waals surface area (Å²) in [4.78, 5) is 2.34. The number of allylic oxidation sites excluding steroid dienone is 1. The van der Waals surface area contributed by atoms with Crippen molar-refractivity contribution in [2.24, 2.45) is 0 Å². The highest BCUT2D eigenvalue weighted by molar-refractivity contribution is 5.73. The van der Waals surface area contributed by atoms with Crippen LogP contribution in [0.2, 0.25) is 0 Å². The monoisotopic (exact) mass is 597 g/mol. The highest BCUT2D eigenvalue weighted by atomic mass is 19.4. The summed E-state index contributed by atoms with van der Waals surface area (Å²) in [5.41, 5.74) is 7.98. The molecule has 0 N–H and O–H groups in total. The predicted molar refractivity (Wildman–Crippen MR) is 180 cm³/mol. The molecule has 0 fully saturated rings. The molecule has 0 spiro atoms. The van der Waals surface area contributed by atoms with Crippen LogP contribution in [0.3, 0.4) is 0 Å². The number of benzene rings is 3. The summed E-state index contributed by atoms with van der Waals surface area (Å²) in [6, 6.07) is 23.1. The van der Waals surface area contributed by atoms with Gasteiger partial charge in [-0.25, -0.2) is 0 Å². The van der Waals surface area contributed by atoms with E-state index in [0.717, 1.165) is 46.9 Å². The van der Waals surface area contributed by atoms with E-state index in [0.29, 0.717) is 6.61 Å². The van der Waals surface area contributed by atoms with Crippen LogP contribution in [0.25, 0.3) is 5.57 Å². The SMILES string of the molecule is C=C.C=C(Cc1ccc(C)cc1N(CC)c1cccc(OC(C)C(=C)C)c1)c1ccc(OCC)cc1.CC.CC(F)(F)F. The van der Waals surface area contributed by atoms with Gasteiger partial charge in [0.25, 0.3) is 0 Å². The fourth-order valence-electron chi connectivity index (χ4n) is 3.88. The number of ether oxygens (including phenoxy) is 2. The van der Waals surface area contributed by atoms with Gasteiger partial charge in [-0.2, -0.15) is 13.2 Å². The molecular weight excluding hydrogens is 547 g/mol. The maximum Gasteiger partial charge on any atom is 0.386 e. The van der Waals surface area contributed by atoms with Crippen LogP contribution in [0.15, 0.2) is 98.6 Å². The molecule has 0 heterocycles. The summed E-state index contributed by atoms with van der Waals surface area (Å²) in [6.45, 7) is 30.4. The Morgan fingerprint density at radius 3 is 2.00 bits per heavy atom. The average molecular weight is 598 g/mol. The van der Waals surface area contributed by atoms with Gasteiger partial charge in [-0.15, -0.1) is 13.2 Å². The number of hydrogen-bond donors (Lipinski definition) is 0. The van der Waals surface area contributed by atoms with Crippen molar-refractivity contribution in [3.63, 3.8) is 0 Å². The number of alkyl halides is 3. The third-order valence-corrected chi connectivity index (χ3v) is 5.96. The van der Waals surface area contributed by atoms with Gasteiger partial charge >= 0.3 is 6.18 Å². The molecule has 0 radical (unpaired) electrons. The van der Waals surface area contributed by atoms with E-state index in [4.69, 9.17) is 9.47 Å². The van der Waals surface area contributed by atoms with Crippen molar-refractivity contribution >= 4 is 16.9 Å². The second kappa shape index (κ2) is 20.1. The Kier molecular flexibility index (Phi) is 18.2. The molecule has 1 atom stereocenters. The first-order chi connectivity index (χ1) is 20.3. The van der Waals surface area contributed by atoms with Crippen molar-refractivity contribution in [1.82, 2.24) is 0 Å². The molecule has 43 heavy (non-hydrogen) atoms. The molecule has 6 heteroatoms. The molecule has 3 rings (SSSR count). The normalized spacial score (nSPS) is 10.8. The molecule has 3 nitrogen and oxygen atoms in total. The molecule has 0 aliphatic heterocycles. The number of anilines is 2. The van der Waals surface area contributed by atoms with Gasteiger partial charge in [-0.1, -0.05) is 57.3 Å². The first kappa shape index (κ1) is 39.1. The number of hydrogen-bond acceptors (Lipinski definition) is 3. The van der Waals surface area contributed by atoms with Gasteiger partial charge < -0.3 is 14.4 Å². The summed E-state index contributed by atoms with van der Waals surface area (Å²) in [7, 11) is 0. The maximum absolute atomic E-state index is 10.4. The quantitative estimate of drug-likeness (QED) is 0.205. The zero-order valence-electron chi connectivity index (χ0n) is 27.3. The lowest BCUT2D eigenvalue weighted by Gasteiger charge is -2.27. The van der Waals surface area contributed by atoms with Crippen molar-refractivity contribution in [1.29, 1.82) is 0 Å². The summed E-state index contributed by atoms with van der Waals surface area (Å²) in [5.74, 6) is 1.73. The Morgan fingerprint density at radius 1 is 0.907 bits per heavy atom. The van der Waals surface area contributed by atoms with Crippen molar-refractivity contribution < 1.29 is 22.6 Å². The minimum Gasteiger partial charge on any atom is -0.494 e. The van der Waals surface area contributed by atoms with Gasteiger partial charge in [-0.05, 0) is 99.2 Å². The Morgan fingerprint density at radius 2 is 1.49 bits per heavy atom. The minimum atomic E-state index is -4.00. The molecule has 236 valence electrons. The molecule has 0 saturated heterocycles. The van der Waals surface area contributed by atoms with E-state index < -0.39 is 6.18 Å². The molecule has 0 aliphatic rings. The predicted octanol–water partition coefficient (Wildman–Crippen LogP) is 11.5. The Balaban J connectivity index is 0.00000174. The van der Waals surface area contributed by atoms with Crippen LogP contribution in [-0.2, 0) is 6.42 Å². The Hall–Kier alpha value is -3.93. The van der Waals surface area contributed by atoms with Crippen LogP contribution in [0.4, 0.5) is 24.5 Å². The lowest BCUT2D eigenvalue weighted by atomic mass is 9.96. The van der Waals surface area contributed by atoms with Crippen LogP contribution >= 0.6 is 0 Å².